The van der Waals surface area contributed by atoms with E-state index >= 15 is 0 Å². The quantitative estimate of drug-likeness (QED) is 0.420. The molecule has 1 saturated heterocycles. The molecule has 2 atom stereocenters. The molecule has 164 valence electrons. The molecular weight excluding hydrogens is 428 g/mol. The Labute approximate surface area is 171 Å². The van der Waals surface area contributed by atoms with Gasteiger partial charge < -0.3 is 14.6 Å². The first-order valence-electron chi connectivity index (χ1n) is 9.22. The zero-order chi connectivity index (χ0) is 22.3. The fraction of sp³-hybridized carbons (Fsp3) is 0.300. The Bertz CT molecular complexity index is 1100. The van der Waals surface area contributed by atoms with Crippen molar-refractivity contribution in [3.8, 4) is 5.75 Å². The Morgan fingerprint density at radius 2 is 1.81 bits per heavy atom. The zero-order valence-electron chi connectivity index (χ0n) is 15.7. The number of carbonyl (C=O) groups is 1. The number of rotatable bonds is 7. The summed E-state index contributed by atoms with van der Waals surface area (Å²) in [5.41, 5.74) is 0.491. The molecule has 3 aromatic rings. The number of aromatic nitrogens is 2. The molecule has 1 aliphatic heterocycles. The minimum absolute atomic E-state index is 0.155. The van der Waals surface area contributed by atoms with Crippen LogP contribution in [0.15, 0.2) is 36.7 Å². The monoisotopic (exact) mass is 443 g/mol. The fourth-order valence-corrected chi connectivity index (χ4v) is 3.62. The molecule has 1 N–H and O–H groups in total. The maximum atomic E-state index is 14.8. The summed E-state index contributed by atoms with van der Waals surface area (Å²) in [5.74, 6) is -5.72. The van der Waals surface area contributed by atoms with Crippen molar-refractivity contribution in [1.82, 2.24) is 9.97 Å². The van der Waals surface area contributed by atoms with E-state index in [-0.39, 0.29) is 11.4 Å². The van der Waals surface area contributed by atoms with E-state index in [2.05, 4.69) is 9.97 Å². The topological polar surface area (TPSA) is 58.2 Å². The van der Waals surface area contributed by atoms with Crippen LogP contribution in [-0.4, -0.2) is 35.3 Å². The highest BCUT2D eigenvalue weighted by Crippen LogP contribution is 2.48. The van der Waals surface area contributed by atoms with Crippen molar-refractivity contribution in [2.24, 2.45) is 5.92 Å². The summed E-state index contributed by atoms with van der Waals surface area (Å²) >= 11 is 0. The Kier molecular flexibility index (Phi) is 5.50. The molecule has 1 amide bonds. The van der Waals surface area contributed by atoms with Crippen LogP contribution in [0.4, 0.5) is 32.0 Å². The Morgan fingerprint density at radius 1 is 1.10 bits per heavy atom. The first-order valence-corrected chi connectivity index (χ1v) is 9.22. The first kappa shape index (κ1) is 21.0. The van der Waals surface area contributed by atoms with Crippen LogP contribution in [-0.2, 0) is 4.79 Å². The average molecular weight is 443 g/mol. The number of anilines is 1. The van der Waals surface area contributed by atoms with Crippen molar-refractivity contribution < 1.29 is 35.9 Å². The number of alkyl halides is 4. The number of nitrogens with zero attached hydrogens (tertiary/aromatic N) is 2. The van der Waals surface area contributed by atoms with Crippen molar-refractivity contribution >= 4 is 22.6 Å². The molecule has 2 aromatic carbocycles. The van der Waals surface area contributed by atoms with E-state index in [0.717, 1.165) is 17.0 Å². The molecule has 1 fully saturated rings. The number of H-pyrrole nitrogens is 1. The number of fused-ring (bicyclic) bond motifs is 1. The van der Waals surface area contributed by atoms with Crippen LogP contribution in [0.5, 0.6) is 5.75 Å². The molecule has 0 radical (unpaired) electrons. The van der Waals surface area contributed by atoms with Crippen LogP contribution < -0.4 is 9.64 Å². The Hall–Kier alpha value is -3.24. The molecule has 1 aromatic heterocycles. The van der Waals surface area contributed by atoms with Crippen molar-refractivity contribution in [1.29, 1.82) is 0 Å². The molecule has 31 heavy (non-hydrogen) atoms. The summed E-state index contributed by atoms with van der Waals surface area (Å²) in [6, 6.07) is 4.30. The summed E-state index contributed by atoms with van der Waals surface area (Å²) in [6.07, 6.45) is -5.04. The van der Waals surface area contributed by atoms with Gasteiger partial charge in [-0.1, -0.05) is 0 Å². The average Bonchev–Trinajstić information content (AvgIpc) is 3.14. The minimum Gasteiger partial charge on any atom is -0.493 e. The molecule has 1 aliphatic rings. The van der Waals surface area contributed by atoms with Gasteiger partial charge in [0, 0.05) is 29.8 Å². The van der Waals surface area contributed by atoms with Crippen molar-refractivity contribution in [2.75, 3.05) is 11.5 Å². The second-order valence-corrected chi connectivity index (χ2v) is 6.95. The highest BCUT2D eigenvalue weighted by atomic mass is 19.3. The number of halogens is 6. The lowest BCUT2D eigenvalue weighted by Gasteiger charge is -2.47. The van der Waals surface area contributed by atoms with E-state index in [4.69, 9.17) is 4.74 Å². The van der Waals surface area contributed by atoms with Gasteiger partial charge in [0.1, 0.15) is 23.3 Å². The molecule has 2 unspecified atom stereocenters. The molecule has 0 bridgehead atoms. The van der Waals surface area contributed by atoms with Gasteiger partial charge >= 0.3 is 0 Å². The standard InChI is InChI=1S/C20H15F6N3O2/c21-11-6-10(31-4-3-15(23)24)7-12(22)16(11)18-17(19(25)26)20(30)29(18)9-1-2-13-14(5-9)28-8-27-13/h1-2,5-8,15,17-19H,3-4H2,(H,27,28). The molecule has 11 heteroatoms. The summed E-state index contributed by atoms with van der Waals surface area (Å²) in [6.45, 7) is -0.479. The fourth-order valence-electron chi connectivity index (χ4n) is 3.62. The molecule has 2 heterocycles. The number of imidazole rings is 1. The number of aromatic amines is 1. The number of ether oxygens (including phenoxy) is 1. The predicted octanol–water partition coefficient (Wildman–Crippen LogP) is 4.84. The summed E-state index contributed by atoms with van der Waals surface area (Å²) < 4.78 is 85.9. The molecule has 0 aliphatic carbocycles. The van der Waals surface area contributed by atoms with E-state index in [1.807, 2.05) is 0 Å². The summed E-state index contributed by atoms with van der Waals surface area (Å²) in [4.78, 5) is 20.2. The van der Waals surface area contributed by atoms with Gasteiger partial charge in [0.05, 0.1) is 30.0 Å². The van der Waals surface area contributed by atoms with Crippen LogP contribution in [0.1, 0.15) is 18.0 Å². The number of benzene rings is 2. The van der Waals surface area contributed by atoms with E-state index in [1.54, 1.807) is 6.07 Å². The van der Waals surface area contributed by atoms with Crippen molar-refractivity contribution in [3.63, 3.8) is 0 Å². The van der Waals surface area contributed by atoms with Crippen molar-refractivity contribution in [3.05, 3.63) is 53.9 Å². The van der Waals surface area contributed by atoms with Gasteiger partial charge in [-0.25, -0.2) is 31.3 Å². The van der Waals surface area contributed by atoms with Crippen LogP contribution in [0.2, 0.25) is 0 Å². The largest absolute Gasteiger partial charge is 0.493 e. The molecule has 0 saturated carbocycles. The molecule has 4 rings (SSSR count). The number of hydrogen-bond acceptors (Lipinski definition) is 3. The maximum Gasteiger partial charge on any atom is 0.252 e. The van der Waals surface area contributed by atoms with Gasteiger partial charge in [0.25, 0.3) is 6.43 Å². The predicted molar refractivity (Wildman–Crippen MR) is 98.3 cm³/mol. The number of amides is 1. The van der Waals surface area contributed by atoms with Gasteiger partial charge in [-0.05, 0) is 18.2 Å². The smallest absolute Gasteiger partial charge is 0.252 e. The van der Waals surface area contributed by atoms with Gasteiger partial charge in [0.2, 0.25) is 12.3 Å². The van der Waals surface area contributed by atoms with E-state index < -0.39 is 60.9 Å². The third-order valence-electron chi connectivity index (χ3n) is 5.05. The number of carbonyl (C=O) groups excluding carboxylic acids is 1. The van der Waals surface area contributed by atoms with E-state index in [1.165, 1.54) is 18.5 Å². The SMILES string of the molecule is O=C1C(C(F)F)C(c2c(F)cc(OCCC(F)F)cc2F)N1c1ccc2[nH]cnc2c1. The second kappa shape index (κ2) is 8.12. The van der Waals surface area contributed by atoms with Crippen LogP contribution in [0.25, 0.3) is 11.0 Å². The molecule has 0 spiro atoms. The second-order valence-electron chi connectivity index (χ2n) is 6.95. The first-order chi connectivity index (χ1) is 14.8. The van der Waals surface area contributed by atoms with Gasteiger partial charge in [-0.2, -0.15) is 0 Å². The Balaban J connectivity index is 1.69. The van der Waals surface area contributed by atoms with Gasteiger partial charge in [-0.15, -0.1) is 0 Å². The normalized spacial score (nSPS) is 18.8. The highest BCUT2D eigenvalue weighted by molar-refractivity contribution is 6.04. The number of β-lactam (4-membered cyclic amide) rings is 1. The summed E-state index contributed by atoms with van der Waals surface area (Å²) in [7, 11) is 0. The number of hydrogen-bond donors (Lipinski definition) is 1. The van der Waals surface area contributed by atoms with E-state index in [0.29, 0.717) is 11.0 Å². The van der Waals surface area contributed by atoms with Crippen LogP contribution >= 0.6 is 0 Å². The molecular formula is C20H15F6N3O2. The minimum atomic E-state index is -3.15. The lowest BCUT2D eigenvalue weighted by molar-refractivity contribution is -0.138. The third-order valence-corrected chi connectivity index (χ3v) is 5.05. The van der Waals surface area contributed by atoms with E-state index in [9.17, 15) is 31.1 Å². The maximum absolute atomic E-state index is 14.8. The number of nitrogens with one attached hydrogen (secondary N) is 1. The Morgan fingerprint density at radius 3 is 2.45 bits per heavy atom. The van der Waals surface area contributed by atoms with Crippen LogP contribution in [0.3, 0.4) is 0 Å². The highest BCUT2D eigenvalue weighted by Gasteiger charge is 2.55. The van der Waals surface area contributed by atoms with Crippen LogP contribution in [0, 0.1) is 17.6 Å². The zero-order valence-corrected chi connectivity index (χ0v) is 15.7. The van der Waals surface area contributed by atoms with Gasteiger partial charge in [0.15, 0.2) is 0 Å². The van der Waals surface area contributed by atoms with Gasteiger partial charge in [-0.3, -0.25) is 4.79 Å². The molecule has 5 nitrogen and oxygen atoms in total. The lowest BCUT2D eigenvalue weighted by Crippen LogP contribution is -2.58. The third kappa shape index (κ3) is 3.79. The lowest BCUT2D eigenvalue weighted by atomic mass is 9.81. The summed E-state index contributed by atoms with van der Waals surface area (Å²) in [5, 5.41) is 0. The van der Waals surface area contributed by atoms with Crippen molar-refractivity contribution in [2.45, 2.75) is 25.3 Å².